The first kappa shape index (κ1) is 11.0. The van der Waals surface area contributed by atoms with Crippen molar-refractivity contribution in [3.8, 4) is 0 Å². The number of piperidine rings is 3. The Kier molecular flexibility index (Phi) is 2.55. The number of fused-ring (bicyclic) bond motifs is 3. The van der Waals surface area contributed by atoms with Gasteiger partial charge in [-0.3, -0.25) is 4.79 Å². The van der Waals surface area contributed by atoms with Crippen LogP contribution in [0.5, 0.6) is 0 Å². The summed E-state index contributed by atoms with van der Waals surface area (Å²) < 4.78 is 5.02. The Morgan fingerprint density at radius 3 is 2.67 bits per heavy atom. The maximum Gasteiger partial charge on any atom is 0.481 e. The highest BCUT2D eigenvalue weighted by molar-refractivity contribution is 5.97. The van der Waals surface area contributed by atoms with Crippen LogP contribution in [0.3, 0.4) is 0 Å². The zero-order valence-electron chi connectivity index (χ0n) is 9.11. The van der Waals surface area contributed by atoms with Gasteiger partial charge in [0.1, 0.15) is 5.60 Å². The first-order valence-corrected chi connectivity index (χ1v) is 5.41. The number of carbonyl (C=O) groups is 1. The number of esters is 1. The van der Waals surface area contributed by atoms with Crippen molar-refractivity contribution in [1.29, 1.82) is 0 Å². The summed E-state index contributed by atoms with van der Waals surface area (Å²) in [6.07, 6.45) is 1.89. The molecule has 0 aliphatic carbocycles. The maximum atomic E-state index is 11.2. The summed E-state index contributed by atoms with van der Waals surface area (Å²) in [5.74, 6) is -0.141. The molecule has 0 aromatic carbocycles. The Labute approximate surface area is 91.2 Å². The van der Waals surface area contributed by atoms with E-state index >= 15 is 0 Å². The second kappa shape index (κ2) is 3.49. The third kappa shape index (κ3) is 1.90. The number of carbonyl (C=O) groups excluding carboxylic acids is 1. The van der Waals surface area contributed by atoms with Crippen LogP contribution in [-0.4, -0.2) is 55.8 Å². The highest BCUT2D eigenvalue weighted by atomic mass is 16.5. The van der Waals surface area contributed by atoms with Crippen molar-refractivity contribution in [1.82, 2.24) is 0 Å². The van der Waals surface area contributed by atoms with Crippen molar-refractivity contribution in [2.24, 2.45) is 5.92 Å². The molecule has 3 rings (SSSR count). The first-order valence-electron chi connectivity index (χ1n) is 5.41. The van der Waals surface area contributed by atoms with Gasteiger partial charge in [-0.05, 0) is 0 Å². The molecule has 1 N–H and O–H groups in total. The maximum absolute atomic E-state index is 11.2. The Morgan fingerprint density at radius 1 is 1.60 bits per heavy atom. The van der Waals surface area contributed by atoms with Crippen LogP contribution in [-0.2, 0) is 9.53 Å². The quantitative estimate of drug-likeness (QED) is 0.498. The van der Waals surface area contributed by atoms with Gasteiger partial charge < -0.3 is 14.2 Å². The van der Waals surface area contributed by atoms with Crippen molar-refractivity contribution in [2.45, 2.75) is 24.9 Å². The number of methoxy groups -OCH3 is 1. The lowest BCUT2D eigenvalue weighted by molar-refractivity contribution is -0.846. The molecule has 4 nitrogen and oxygen atoms in total. The molecule has 3 fully saturated rings. The van der Waals surface area contributed by atoms with E-state index in [1.807, 2.05) is 0 Å². The highest BCUT2D eigenvalue weighted by Crippen LogP contribution is 2.40. The number of hydrogen-bond acceptors (Lipinski definition) is 3. The summed E-state index contributed by atoms with van der Waals surface area (Å²) in [7, 11) is 7.46. The fourth-order valence-electron chi connectivity index (χ4n) is 2.97. The summed E-state index contributed by atoms with van der Waals surface area (Å²) in [4.78, 5) is 11.2. The van der Waals surface area contributed by atoms with Gasteiger partial charge in [0, 0.05) is 18.8 Å². The Bertz CT molecular complexity index is 276. The molecule has 0 amide bonds. The molecule has 2 radical (unpaired) electrons. The SMILES string of the molecule is [B][N+]12CCC(CC1)C(O)(CC(=O)OC)C2. The molecule has 0 saturated carbocycles. The van der Waals surface area contributed by atoms with Crippen LogP contribution < -0.4 is 0 Å². The smallest absolute Gasteiger partial charge is 0.469 e. The average Bonchev–Trinajstić information content (AvgIpc) is 2.16. The van der Waals surface area contributed by atoms with Crippen LogP contribution in [0.25, 0.3) is 0 Å². The van der Waals surface area contributed by atoms with E-state index in [1.54, 1.807) is 0 Å². The minimum atomic E-state index is -0.946. The molecule has 3 heterocycles. The van der Waals surface area contributed by atoms with Crippen molar-refractivity contribution < 1.29 is 19.0 Å². The molecule has 0 spiro atoms. The van der Waals surface area contributed by atoms with Gasteiger partial charge in [0.25, 0.3) is 0 Å². The molecule has 0 aromatic rings. The molecule has 3 aliphatic rings. The number of rotatable bonds is 2. The normalized spacial score (nSPS) is 44.0. The third-order valence-corrected chi connectivity index (χ3v) is 3.87. The molecular weight excluding hydrogens is 193 g/mol. The lowest BCUT2D eigenvalue weighted by Crippen LogP contribution is -2.68. The minimum absolute atomic E-state index is 0.0748. The molecule has 15 heavy (non-hydrogen) atoms. The van der Waals surface area contributed by atoms with E-state index in [0.717, 1.165) is 25.9 Å². The van der Waals surface area contributed by atoms with Crippen molar-refractivity contribution in [3.05, 3.63) is 0 Å². The second-order valence-electron chi connectivity index (χ2n) is 4.95. The van der Waals surface area contributed by atoms with E-state index in [1.165, 1.54) is 7.11 Å². The van der Waals surface area contributed by atoms with Crippen molar-refractivity contribution >= 4 is 14.0 Å². The number of quaternary nitrogens is 1. The summed E-state index contributed by atoms with van der Waals surface area (Å²) in [6.45, 7) is 2.30. The van der Waals surface area contributed by atoms with E-state index < -0.39 is 5.60 Å². The van der Waals surface area contributed by atoms with E-state index in [0.29, 0.717) is 10.9 Å². The Morgan fingerprint density at radius 2 is 2.20 bits per heavy atom. The third-order valence-electron chi connectivity index (χ3n) is 3.87. The van der Waals surface area contributed by atoms with Crippen molar-refractivity contribution in [2.75, 3.05) is 26.7 Å². The standard InChI is InChI=1S/C10H17BNO3/c1-15-9(13)6-10(14)7-12(11)4-2-8(10)3-5-12/h8,14H,2-7H2,1H3/q+1. The van der Waals surface area contributed by atoms with E-state index in [2.05, 4.69) is 4.74 Å². The van der Waals surface area contributed by atoms with Gasteiger partial charge in [0.2, 0.25) is 0 Å². The van der Waals surface area contributed by atoms with Crippen LogP contribution in [0, 0.1) is 5.92 Å². The highest BCUT2D eigenvalue weighted by Gasteiger charge is 2.53. The van der Waals surface area contributed by atoms with Gasteiger partial charge in [0.15, 0.2) is 0 Å². The van der Waals surface area contributed by atoms with Crippen LogP contribution in [0.2, 0.25) is 0 Å². The number of aliphatic hydroxyl groups is 1. The molecule has 5 heteroatoms. The number of nitrogens with zero attached hydrogens (tertiary/aromatic N) is 1. The summed E-state index contributed by atoms with van der Waals surface area (Å²) >= 11 is 0. The zero-order chi connectivity index (χ0) is 11.1. The molecular formula is C10H17BNO3+. The van der Waals surface area contributed by atoms with Gasteiger partial charge in [-0.25, -0.2) is 0 Å². The molecule has 2 bridgehead atoms. The summed E-state index contributed by atoms with van der Waals surface area (Å²) in [5, 5.41) is 10.4. The van der Waals surface area contributed by atoms with Crippen LogP contribution in [0.15, 0.2) is 0 Å². The zero-order valence-corrected chi connectivity index (χ0v) is 9.11. The minimum Gasteiger partial charge on any atom is -0.469 e. The molecule has 1 atom stereocenters. The largest absolute Gasteiger partial charge is 0.481 e. The Balaban J connectivity index is 2.11. The predicted molar refractivity (Wildman–Crippen MR) is 54.9 cm³/mol. The first-order chi connectivity index (χ1) is 6.97. The van der Waals surface area contributed by atoms with E-state index in [-0.39, 0.29) is 18.3 Å². The molecule has 1 unspecified atom stereocenters. The number of ether oxygens (including phenoxy) is 1. The average molecular weight is 210 g/mol. The van der Waals surface area contributed by atoms with Crippen LogP contribution in [0.4, 0.5) is 0 Å². The van der Waals surface area contributed by atoms with Gasteiger partial charge in [-0.15, -0.1) is 0 Å². The van der Waals surface area contributed by atoms with Gasteiger partial charge in [0.05, 0.1) is 33.2 Å². The lowest BCUT2D eigenvalue weighted by atomic mass is 9.70. The van der Waals surface area contributed by atoms with Gasteiger partial charge >= 0.3 is 14.0 Å². The fraction of sp³-hybridized carbons (Fsp3) is 0.900. The van der Waals surface area contributed by atoms with Crippen molar-refractivity contribution in [3.63, 3.8) is 0 Å². The number of hydrogen-bond donors (Lipinski definition) is 1. The monoisotopic (exact) mass is 210 g/mol. The van der Waals surface area contributed by atoms with Crippen LogP contribution in [0.1, 0.15) is 19.3 Å². The van der Waals surface area contributed by atoms with Gasteiger partial charge in [-0.2, -0.15) is 0 Å². The predicted octanol–water partition coefficient (Wildman–Crippen LogP) is -0.396. The molecule has 3 aliphatic heterocycles. The topological polar surface area (TPSA) is 46.5 Å². The lowest BCUT2D eigenvalue weighted by Gasteiger charge is -2.55. The molecule has 82 valence electrons. The van der Waals surface area contributed by atoms with Gasteiger partial charge in [-0.1, -0.05) is 0 Å². The van der Waals surface area contributed by atoms with E-state index in [4.69, 9.17) is 7.98 Å². The molecule has 0 aromatic heterocycles. The summed E-state index contributed by atoms with van der Waals surface area (Å²) in [6, 6.07) is 0. The second-order valence-corrected chi connectivity index (χ2v) is 4.95. The summed E-state index contributed by atoms with van der Waals surface area (Å²) in [5.41, 5.74) is -0.946. The fourth-order valence-corrected chi connectivity index (χ4v) is 2.97. The van der Waals surface area contributed by atoms with E-state index in [9.17, 15) is 9.90 Å². The molecule has 3 saturated heterocycles. The Hall–Kier alpha value is -0.545. The van der Waals surface area contributed by atoms with Crippen LogP contribution >= 0.6 is 0 Å².